The fourth-order valence-electron chi connectivity index (χ4n) is 6.08. The molecule has 0 fully saturated rings. The molecule has 0 aliphatic carbocycles. The van der Waals surface area contributed by atoms with Gasteiger partial charge >= 0.3 is 0 Å². The van der Waals surface area contributed by atoms with Crippen LogP contribution in [0.4, 0.5) is 0 Å². The fraction of sp³-hybridized carbons (Fsp3) is 0.211. The van der Waals surface area contributed by atoms with Gasteiger partial charge in [0.2, 0.25) is 5.71 Å². The van der Waals surface area contributed by atoms with Crippen molar-refractivity contribution in [2.24, 2.45) is 0 Å². The first-order chi connectivity index (χ1) is 20.9. The zero-order chi connectivity index (χ0) is 31.0. The molecule has 0 radical (unpaired) electrons. The van der Waals surface area contributed by atoms with Crippen molar-refractivity contribution < 1.29 is 7.16 Å². The Morgan fingerprint density at radius 2 is 1.48 bits per heavy atom. The number of hydrogen-bond acceptors (Lipinski definition) is 3. The predicted octanol–water partition coefficient (Wildman–Crippen LogP) is 10.5. The summed E-state index contributed by atoms with van der Waals surface area (Å²) >= 11 is 0. The van der Waals surface area contributed by atoms with E-state index in [1.165, 1.54) is 0 Å². The first-order valence-corrected chi connectivity index (χ1v) is 14.4. The molecule has 3 heterocycles. The van der Waals surface area contributed by atoms with Gasteiger partial charge in [0.15, 0.2) is 0 Å². The summed E-state index contributed by atoms with van der Waals surface area (Å²) < 4.78 is 27.4. The van der Waals surface area contributed by atoms with Crippen molar-refractivity contribution in [3.63, 3.8) is 0 Å². The zero-order valence-corrected chi connectivity index (χ0v) is 24.9. The van der Waals surface area contributed by atoms with Crippen molar-refractivity contribution in [2.75, 3.05) is 0 Å². The molecule has 7 aromatic rings. The Morgan fingerprint density at radius 3 is 2.19 bits per heavy atom. The van der Waals surface area contributed by atoms with E-state index in [-0.39, 0.29) is 0 Å². The van der Waals surface area contributed by atoms with Crippen LogP contribution >= 0.6 is 0 Å². The molecule has 4 heteroatoms. The van der Waals surface area contributed by atoms with Crippen molar-refractivity contribution in [1.29, 1.82) is 0 Å². The number of fused-ring (bicyclic) bond motifs is 4. The lowest BCUT2D eigenvalue weighted by Crippen LogP contribution is -2.09. The highest BCUT2D eigenvalue weighted by molar-refractivity contribution is 6.10. The van der Waals surface area contributed by atoms with Crippen molar-refractivity contribution >= 4 is 33.1 Å². The molecular formula is C38H35N3O. The number of imidazole rings is 1. The molecule has 42 heavy (non-hydrogen) atoms. The van der Waals surface area contributed by atoms with Gasteiger partial charge in [0.1, 0.15) is 11.4 Å². The first-order valence-electron chi connectivity index (χ1n) is 15.4. The van der Waals surface area contributed by atoms with Gasteiger partial charge in [-0.15, -0.1) is 0 Å². The Kier molecular flexibility index (Phi) is 5.70. The van der Waals surface area contributed by atoms with Gasteiger partial charge in [-0.1, -0.05) is 76.2 Å². The van der Waals surface area contributed by atoms with E-state index in [9.17, 15) is 2.74 Å². The Hall–Kier alpha value is -4.70. The van der Waals surface area contributed by atoms with Crippen LogP contribution in [0.15, 0.2) is 95.5 Å². The van der Waals surface area contributed by atoms with Gasteiger partial charge in [0, 0.05) is 19.7 Å². The Bertz CT molecular complexity index is 2180. The second-order valence-corrected chi connectivity index (χ2v) is 11.6. The summed E-state index contributed by atoms with van der Waals surface area (Å²) in [5.41, 5.74) is 10.6. The van der Waals surface area contributed by atoms with Crippen LogP contribution in [0.25, 0.3) is 61.3 Å². The lowest BCUT2D eigenvalue weighted by molar-refractivity contribution is 0.654. The molecule has 0 aliphatic rings. The Balaban J connectivity index is 1.64. The van der Waals surface area contributed by atoms with Crippen LogP contribution in [0.2, 0.25) is 0 Å². The smallest absolute Gasteiger partial charge is 0.227 e. The van der Waals surface area contributed by atoms with Gasteiger partial charge in [0.25, 0.3) is 0 Å². The van der Waals surface area contributed by atoms with E-state index in [0.29, 0.717) is 11.5 Å². The quantitative estimate of drug-likeness (QED) is 0.214. The average molecular weight is 552 g/mol. The maximum atomic E-state index is 9.39. The van der Waals surface area contributed by atoms with E-state index in [1.54, 1.807) is 0 Å². The number of rotatable bonds is 5. The van der Waals surface area contributed by atoms with E-state index in [0.717, 1.165) is 72.0 Å². The summed E-state index contributed by atoms with van der Waals surface area (Å²) in [5.74, 6) is -1.26. The summed E-state index contributed by atoms with van der Waals surface area (Å²) in [6, 6.07) is 28.8. The van der Waals surface area contributed by atoms with Crippen LogP contribution < -0.4 is 0 Å². The molecule has 0 saturated carbocycles. The van der Waals surface area contributed by atoms with E-state index < -0.39 is 11.8 Å². The number of para-hydroxylation sites is 2. The van der Waals surface area contributed by atoms with Crippen LogP contribution in [0.1, 0.15) is 64.5 Å². The Labute approximate surface area is 249 Å². The van der Waals surface area contributed by atoms with Crippen LogP contribution in [-0.4, -0.2) is 14.5 Å². The maximum Gasteiger partial charge on any atom is 0.227 e. The summed E-state index contributed by atoms with van der Waals surface area (Å²) in [6.07, 6.45) is 1.83. The van der Waals surface area contributed by atoms with E-state index in [1.807, 2.05) is 77.2 Å². The molecule has 4 aromatic carbocycles. The van der Waals surface area contributed by atoms with E-state index >= 15 is 0 Å². The molecule has 0 aliphatic heterocycles. The van der Waals surface area contributed by atoms with Crippen LogP contribution in [0.5, 0.6) is 0 Å². The van der Waals surface area contributed by atoms with Gasteiger partial charge in [-0.25, -0.2) is 9.97 Å². The highest BCUT2D eigenvalue weighted by Gasteiger charge is 2.26. The van der Waals surface area contributed by atoms with Crippen molar-refractivity contribution in [1.82, 2.24) is 14.5 Å². The molecule has 0 spiro atoms. The normalized spacial score (nSPS) is 13.2. The zero-order valence-electron chi connectivity index (χ0n) is 26.9. The summed E-state index contributed by atoms with van der Waals surface area (Å²) in [6.45, 7) is 11.8. The molecule has 0 atom stereocenters. The molecule has 0 saturated heterocycles. The minimum absolute atomic E-state index is 0.594. The third-order valence-electron chi connectivity index (χ3n) is 8.14. The van der Waals surface area contributed by atoms with Gasteiger partial charge in [-0.2, -0.15) is 0 Å². The molecule has 0 N–H and O–H groups in total. The van der Waals surface area contributed by atoms with E-state index in [4.69, 9.17) is 9.40 Å². The highest BCUT2D eigenvalue weighted by atomic mass is 16.3. The third kappa shape index (κ3) is 4.13. The van der Waals surface area contributed by atoms with Gasteiger partial charge in [-0.05, 0) is 95.4 Å². The van der Waals surface area contributed by atoms with Crippen LogP contribution in [0, 0.1) is 13.8 Å². The number of nitrogens with zero attached hydrogens (tertiary/aromatic N) is 3. The monoisotopic (exact) mass is 551 g/mol. The number of pyridine rings is 1. The SMILES string of the molecule is [2H]C(C)(C)c1cc(-c2ccccc2)cc(C([2H])(C)C)c1-n1c(-c2ccc(C)c3c2oc2ncc(C)cc23)nc2ccccc21. The number of aromatic nitrogens is 3. The predicted molar refractivity (Wildman–Crippen MR) is 175 cm³/mol. The molecule has 7 rings (SSSR count). The summed E-state index contributed by atoms with van der Waals surface area (Å²) in [4.78, 5) is 9.82. The standard InChI is InChI=1S/C38H35N3O/c1-22(2)29-19-27(26-12-8-7-9-13-26)20-30(23(3)4)35(29)41-33-15-11-10-14-32(33)40-37(41)28-17-16-25(6)34-31-18-24(5)21-39-38(31)42-36(28)34/h7-23H,1-6H3/i22D,23D. The molecule has 0 unspecified atom stereocenters. The molecule has 3 aromatic heterocycles. The second-order valence-electron chi connectivity index (χ2n) is 11.6. The van der Waals surface area contributed by atoms with Crippen LogP contribution in [-0.2, 0) is 0 Å². The van der Waals surface area contributed by atoms with Gasteiger partial charge in [-0.3, -0.25) is 4.57 Å². The van der Waals surface area contributed by atoms with Gasteiger partial charge in [0.05, 0.1) is 22.3 Å². The Morgan fingerprint density at radius 1 is 0.786 bits per heavy atom. The van der Waals surface area contributed by atoms with Crippen LogP contribution in [0.3, 0.4) is 0 Å². The lowest BCUT2D eigenvalue weighted by atomic mass is 9.88. The van der Waals surface area contributed by atoms with Gasteiger partial charge < -0.3 is 4.42 Å². The highest BCUT2D eigenvalue weighted by Crippen LogP contribution is 2.43. The number of furan rings is 1. The number of benzene rings is 4. The second kappa shape index (κ2) is 9.99. The fourth-order valence-corrected chi connectivity index (χ4v) is 6.08. The molecule has 0 bridgehead atoms. The topological polar surface area (TPSA) is 43.9 Å². The molecular weight excluding hydrogens is 514 g/mol. The van der Waals surface area contributed by atoms with Crippen molar-refractivity contribution in [3.8, 4) is 28.2 Å². The third-order valence-corrected chi connectivity index (χ3v) is 8.14. The maximum absolute atomic E-state index is 9.39. The average Bonchev–Trinajstić information content (AvgIpc) is 3.55. The number of aryl methyl sites for hydroxylation is 2. The largest absolute Gasteiger partial charge is 0.437 e. The minimum atomic E-state index is -0.980. The number of hydrogen-bond donors (Lipinski definition) is 0. The molecule has 208 valence electrons. The molecule has 0 amide bonds. The summed E-state index contributed by atoms with van der Waals surface area (Å²) in [7, 11) is 0. The summed E-state index contributed by atoms with van der Waals surface area (Å²) in [5, 5.41) is 2.00. The lowest BCUT2D eigenvalue weighted by Gasteiger charge is -2.24. The van der Waals surface area contributed by atoms with Crippen molar-refractivity contribution in [3.05, 3.63) is 113 Å². The first kappa shape index (κ1) is 24.0. The minimum Gasteiger partial charge on any atom is -0.437 e. The van der Waals surface area contributed by atoms with Crippen molar-refractivity contribution in [2.45, 2.75) is 53.3 Å². The molecule has 4 nitrogen and oxygen atoms in total. The van der Waals surface area contributed by atoms with E-state index in [2.05, 4.69) is 65.0 Å².